The van der Waals surface area contributed by atoms with Gasteiger partial charge in [0.15, 0.2) is 0 Å². The van der Waals surface area contributed by atoms with Gasteiger partial charge in [0.2, 0.25) is 0 Å². The summed E-state index contributed by atoms with van der Waals surface area (Å²) in [6, 6.07) is 13.2. The van der Waals surface area contributed by atoms with Crippen LogP contribution in [0.5, 0.6) is 11.5 Å². The van der Waals surface area contributed by atoms with Crippen molar-refractivity contribution in [3.8, 4) is 11.5 Å². The number of hydrogen-bond donors (Lipinski definition) is 2. The molecule has 0 radical (unpaired) electrons. The number of rotatable bonds is 9. The Hall–Kier alpha value is 2.54. The largest absolute Gasteiger partial charge is 1.00 e. The number of benzene rings is 2. The number of carbonyl (C=O) groups is 1. The number of ether oxygens (including phenoxy) is 1. The van der Waals surface area contributed by atoms with Crippen molar-refractivity contribution in [2.75, 3.05) is 41.4 Å². The zero-order valence-electron chi connectivity index (χ0n) is 27.3. The maximum absolute atomic E-state index is 11.0. The van der Waals surface area contributed by atoms with Gasteiger partial charge in [-0.2, -0.15) is 0 Å². The summed E-state index contributed by atoms with van der Waals surface area (Å²) in [7, 11) is -5.65. The Balaban J connectivity index is -0.000000263. The molecule has 0 saturated carbocycles. The maximum Gasteiger partial charge on any atom is 1.00 e. The summed E-state index contributed by atoms with van der Waals surface area (Å²) < 4.78 is 54.8. The third-order valence-electron chi connectivity index (χ3n) is 4.96. The molecule has 244 valence electrons. The Morgan fingerprint density at radius 1 is 1.04 bits per heavy atom. The molecular formula is C28H39ClIK3N2O9S2. The van der Waals surface area contributed by atoms with Gasteiger partial charge in [0.1, 0.15) is 31.2 Å². The van der Waals surface area contributed by atoms with Crippen molar-refractivity contribution in [1.82, 2.24) is 4.98 Å². The number of phenols is 1. The van der Waals surface area contributed by atoms with Crippen LogP contribution < -0.4 is 164 Å². The van der Waals surface area contributed by atoms with Gasteiger partial charge in [-0.05, 0) is 49.1 Å². The van der Waals surface area contributed by atoms with Gasteiger partial charge in [0, 0.05) is 41.1 Å². The Kier molecular flexibility index (Phi) is 38.7. The summed E-state index contributed by atoms with van der Waals surface area (Å²) in [6.45, 7) is 0.261. The van der Waals surface area contributed by atoms with Gasteiger partial charge in [-0.15, -0.1) is 11.6 Å². The van der Waals surface area contributed by atoms with Crippen LogP contribution in [-0.2, 0) is 35.8 Å². The summed E-state index contributed by atoms with van der Waals surface area (Å²) >= 11 is 3.98. The zero-order chi connectivity index (χ0) is 32.9. The van der Waals surface area contributed by atoms with Crippen molar-refractivity contribution in [3.05, 3.63) is 74.7 Å². The van der Waals surface area contributed by atoms with Crippen LogP contribution in [-0.4, -0.2) is 74.8 Å². The molecule has 18 heteroatoms. The van der Waals surface area contributed by atoms with Crippen molar-refractivity contribution < 1.29 is 196 Å². The number of fused-ring (bicyclic) bond motifs is 2. The number of carbonyl (C=O) groups excluding carboxylic acids is 1. The SMILES string of the molecule is CS(=O)(=O)CCCCl.CS(=O)(=O)CCCOc1cccc2c1C=CC2.O=CO[O-].Oc1cccc2[nH]ccc12.[CH2-]I(C)[NH-].[K+].[K+].[K+]. The minimum absolute atomic E-state index is 0. The van der Waals surface area contributed by atoms with Crippen molar-refractivity contribution in [3.63, 3.8) is 0 Å². The van der Waals surface area contributed by atoms with Crippen LogP contribution in [0.3, 0.4) is 0 Å². The van der Waals surface area contributed by atoms with Crippen LogP contribution in [0.15, 0.2) is 54.7 Å². The number of halogens is 2. The molecule has 0 unspecified atom stereocenters. The monoisotopic (exact) mass is 890 g/mol. The fourth-order valence-electron chi connectivity index (χ4n) is 3.28. The molecule has 0 amide bonds. The second kappa shape index (κ2) is 32.2. The standard InChI is InChI=1S/C13H16O3S.C8H7NO.C4H9ClO2S.C2H6IN.CH2O3.3K/c1-17(14,15)10-4-9-16-13-8-3-6-11-5-2-7-12(11)13;10-8-3-1-2-7-6(8)4-5-9-7;1-8(6,7)4-2-3-5;1-3(2)4;2-1-4-3;;;/h2-3,6-8H,4-5,9-10H2,1H3;1-5,9-10H;2-4H2,1H3;4H,1H2,2H3;1,3H;;;/q;;;-2;;3*+1/p-1. The number of nitrogens with one attached hydrogen (secondary N) is 2. The average Bonchev–Trinajstić information content (AvgIpc) is 3.60. The van der Waals surface area contributed by atoms with E-state index >= 15 is 0 Å². The molecule has 1 heterocycles. The van der Waals surface area contributed by atoms with Gasteiger partial charge in [-0.25, -0.2) is 16.8 Å². The molecule has 1 aliphatic rings. The van der Waals surface area contributed by atoms with E-state index in [4.69, 9.17) is 30.3 Å². The number of hydrogen-bond acceptors (Lipinski definition) is 9. The Morgan fingerprint density at radius 2 is 1.59 bits per heavy atom. The molecule has 46 heavy (non-hydrogen) atoms. The van der Waals surface area contributed by atoms with Crippen LogP contribution in [0.1, 0.15) is 24.0 Å². The number of allylic oxidation sites excluding steroid dienone is 1. The smallest absolute Gasteiger partial charge is 1.00 e. The van der Waals surface area contributed by atoms with Crippen LogP contribution in [0.4, 0.5) is 0 Å². The third-order valence-corrected chi connectivity index (χ3v) is 7.28. The third kappa shape index (κ3) is 30.2. The van der Waals surface area contributed by atoms with Gasteiger partial charge < -0.3 is 25.0 Å². The first kappa shape index (κ1) is 55.3. The number of aromatic nitrogens is 1. The molecule has 0 atom stereocenters. The zero-order valence-corrected chi connectivity index (χ0v) is 41.2. The van der Waals surface area contributed by atoms with Crippen molar-refractivity contribution in [2.45, 2.75) is 19.3 Å². The summed E-state index contributed by atoms with van der Waals surface area (Å²) in [6.07, 6.45) is 10.5. The summed E-state index contributed by atoms with van der Waals surface area (Å²) in [5, 5.41) is 18.5. The second-order valence-electron chi connectivity index (χ2n) is 8.94. The molecule has 0 spiro atoms. The molecule has 0 bridgehead atoms. The van der Waals surface area contributed by atoms with E-state index in [9.17, 15) is 21.9 Å². The minimum Gasteiger partial charge on any atom is 1.00 e. The maximum atomic E-state index is 11.0. The number of sulfone groups is 2. The number of phenolic OH excluding ortho intramolecular Hbond substituents is 1. The van der Waals surface area contributed by atoms with E-state index in [1.54, 1.807) is 6.07 Å². The summed E-state index contributed by atoms with van der Waals surface area (Å²) in [4.78, 5) is 19.6. The van der Waals surface area contributed by atoms with Crippen LogP contribution >= 0.6 is 31.7 Å². The van der Waals surface area contributed by atoms with E-state index in [1.165, 1.54) is 18.1 Å². The first-order valence-corrected chi connectivity index (χ1v) is 22.0. The van der Waals surface area contributed by atoms with Gasteiger partial charge >= 0.3 is 188 Å². The quantitative estimate of drug-likeness (QED) is 0.0315. The van der Waals surface area contributed by atoms with E-state index in [-0.39, 0.29) is 172 Å². The topological polar surface area (TPSA) is 187 Å². The fraction of sp³-hybridized carbons (Fsp3) is 0.357. The average molecular weight is 891 g/mol. The molecule has 11 nitrogen and oxygen atoms in total. The Labute approximate surface area is 413 Å². The molecule has 1 aromatic heterocycles. The minimum atomic E-state index is -2.88. The van der Waals surface area contributed by atoms with Crippen LogP contribution in [0.2, 0.25) is 0 Å². The molecule has 0 aliphatic heterocycles. The predicted molar refractivity (Wildman–Crippen MR) is 181 cm³/mol. The van der Waals surface area contributed by atoms with Gasteiger partial charge in [0.05, 0.1) is 18.1 Å². The number of aromatic amines is 1. The molecule has 4 rings (SSSR count). The van der Waals surface area contributed by atoms with Crippen molar-refractivity contribution in [2.24, 2.45) is 0 Å². The normalized spacial score (nSPS) is 10.8. The first-order chi connectivity index (χ1) is 20.1. The van der Waals surface area contributed by atoms with E-state index in [2.05, 4.69) is 33.0 Å². The van der Waals surface area contributed by atoms with Crippen molar-refractivity contribution in [1.29, 1.82) is 0 Å². The molecular weight excluding hydrogens is 852 g/mol. The number of alkyl halides is 2. The molecule has 0 fully saturated rings. The van der Waals surface area contributed by atoms with Crippen LogP contribution in [0, 0.1) is 4.93 Å². The van der Waals surface area contributed by atoms with E-state index in [0.29, 0.717) is 31.1 Å². The van der Waals surface area contributed by atoms with Gasteiger partial charge in [0.25, 0.3) is 6.47 Å². The van der Waals surface area contributed by atoms with Crippen molar-refractivity contribution >= 4 is 74.8 Å². The fourth-order valence-corrected chi connectivity index (χ4v) is 4.88. The molecule has 3 N–H and O–H groups in total. The Morgan fingerprint density at radius 3 is 2.07 bits per heavy atom. The molecule has 2 aromatic carbocycles. The summed E-state index contributed by atoms with van der Waals surface area (Å²) in [5.41, 5.74) is 3.37. The second-order valence-corrected chi connectivity index (χ2v) is 17.2. The van der Waals surface area contributed by atoms with E-state index in [0.717, 1.165) is 28.6 Å². The van der Waals surface area contributed by atoms with Gasteiger partial charge in [-0.1, -0.05) is 30.4 Å². The van der Waals surface area contributed by atoms with Gasteiger partial charge in [-0.3, -0.25) is 4.79 Å². The summed E-state index contributed by atoms with van der Waals surface area (Å²) in [5.74, 6) is 1.99. The van der Waals surface area contributed by atoms with Crippen LogP contribution in [0.25, 0.3) is 20.9 Å². The molecule has 3 aromatic rings. The molecule has 1 aliphatic carbocycles. The molecule has 0 saturated heterocycles. The predicted octanol–water partition coefficient (Wildman–Crippen LogP) is -4.07. The number of H-pyrrole nitrogens is 1. The first-order valence-electron chi connectivity index (χ1n) is 12.5. The van der Waals surface area contributed by atoms with E-state index in [1.807, 2.05) is 41.5 Å². The number of aromatic hydroxyl groups is 1. The Bertz CT molecular complexity index is 1480. The van der Waals surface area contributed by atoms with E-state index < -0.39 is 39.8 Å².